The van der Waals surface area contributed by atoms with Crippen LogP contribution in [-0.4, -0.2) is 0 Å². The Kier molecular flexibility index (Phi) is 6.17. The van der Waals surface area contributed by atoms with E-state index >= 15 is 0 Å². The zero-order chi connectivity index (χ0) is 30.5. The van der Waals surface area contributed by atoms with Gasteiger partial charge >= 0.3 is 0 Å². The van der Waals surface area contributed by atoms with Gasteiger partial charge < -0.3 is 9.32 Å². The van der Waals surface area contributed by atoms with Crippen molar-refractivity contribution in [2.24, 2.45) is 0 Å². The minimum Gasteiger partial charge on any atom is -0.456 e. The highest BCUT2D eigenvalue weighted by molar-refractivity contribution is 6.06. The van der Waals surface area contributed by atoms with Gasteiger partial charge in [0.1, 0.15) is 11.2 Å². The first kappa shape index (κ1) is 26.3. The third-order valence-electron chi connectivity index (χ3n) is 9.03. The topological polar surface area (TPSA) is 16.4 Å². The molecule has 2 heteroatoms. The molecule has 0 amide bonds. The van der Waals surface area contributed by atoms with E-state index in [2.05, 4.69) is 169 Å². The van der Waals surface area contributed by atoms with Crippen LogP contribution in [0.25, 0.3) is 65.7 Å². The number of benzene rings is 8. The molecule has 0 unspecified atom stereocenters. The lowest BCUT2D eigenvalue weighted by atomic mass is 9.99. The number of rotatable bonds is 5. The van der Waals surface area contributed by atoms with Crippen LogP contribution in [-0.2, 0) is 0 Å². The third-order valence-corrected chi connectivity index (χ3v) is 9.03. The average molecular weight is 588 g/mol. The standard InChI is InChI=1S/C44H29NO/c1-2-11-33-27-35(20-19-30(33)9-1)34-13-7-14-38(28-34)45(42-17-8-12-32-10-3-4-15-39(32)42)37-24-21-31(22-25-37)36-23-26-41-40-16-5-6-18-43(40)46-44(41)29-36/h1-29H. The quantitative estimate of drug-likeness (QED) is 0.199. The normalized spacial score (nSPS) is 11.5. The molecule has 0 N–H and O–H groups in total. The molecule has 46 heavy (non-hydrogen) atoms. The maximum absolute atomic E-state index is 6.20. The molecule has 0 bridgehead atoms. The van der Waals surface area contributed by atoms with E-state index < -0.39 is 0 Å². The van der Waals surface area contributed by atoms with Crippen molar-refractivity contribution in [3.63, 3.8) is 0 Å². The summed E-state index contributed by atoms with van der Waals surface area (Å²) in [6, 6.07) is 62.9. The van der Waals surface area contributed by atoms with Crippen molar-refractivity contribution in [1.82, 2.24) is 0 Å². The summed E-state index contributed by atoms with van der Waals surface area (Å²) in [5, 5.41) is 7.21. The van der Waals surface area contributed by atoms with E-state index in [1.54, 1.807) is 0 Å². The molecule has 9 rings (SSSR count). The molecule has 0 saturated carbocycles. The van der Waals surface area contributed by atoms with Crippen LogP contribution in [0.15, 0.2) is 180 Å². The van der Waals surface area contributed by atoms with Crippen LogP contribution in [0, 0.1) is 0 Å². The predicted molar refractivity (Wildman–Crippen MR) is 194 cm³/mol. The summed E-state index contributed by atoms with van der Waals surface area (Å²) in [6.07, 6.45) is 0. The Morgan fingerprint density at radius 3 is 1.85 bits per heavy atom. The Balaban J connectivity index is 1.16. The molecule has 2 nitrogen and oxygen atoms in total. The first-order valence-electron chi connectivity index (χ1n) is 15.7. The second kappa shape index (κ2) is 10.8. The van der Waals surface area contributed by atoms with Gasteiger partial charge in [0, 0.05) is 27.5 Å². The number of hydrogen-bond acceptors (Lipinski definition) is 2. The summed E-state index contributed by atoms with van der Waals surface area (Å²) in [6.45, 7) is 0. The van der Waals surface area contributed by atoms with Gasteiger partial charge in [-0.3, -0.25) is 0 Å². The molecule has 0 aliphatic rings. The van der Waals surface area contributed by atoms with Gasteiger partial charge in [0.2, 0.25) is 0 Å². The fourth-order valence-corrected chi connectivity index (χ4v) is 6.73. The van der Waals surface area contributed by atoms with Crippen LogP contribution in [0.2, 0.25) is 0 Å². The number of hydrogen-bond donors (Lipinski definition) is 0. The summed E-state index contributed by atoms with van der Waals surface area (Å²) in [7, 11) is 0. The molecule has 8 aromatic carbocycles. The van der Waals surface area contributed by atoms with Gasteiger partial charge in [-0.25, -0.2) is 0 Å². The summed E-state index contributed by atoms with van der Waals surface area (Å²) < 4.78 is 6.20. The molecule has 0 radical (unpaired) electrons. The van der Waals surface area contributed by atoms with Crippen LogP contribution < -0.4 is 4.90 Å². The summed E-state index contributed by atoms with van der Waals surface area (Å²) in [5.74, 6) is 0. The monoisotopic (exact) mass is 587 g/mol. The largest absolute Gasteiger partial charge is 0.456 e. The highest BCUT2D eigenvalue weighted by atomic mass is 16.3. The fraction of sp³-hybridized carbons (Fsp3) is 0. The van der Waals surface area contributed by atoms with E-state index in [1.807, 2.05) is 12.1 Å². The number of fused-ring (bicyclic) bond motifs is 5. The highest BCUT2D eigenvalue weighted by Gasteiger charge is 2.17. The van der Waals surface area contributed by atoms with Gasteiger partial charge in [0.05, 0.1) is 5.69 Å². The zero-order valence-corrected chi connectivity index (χ0v) is 25.1. The van der Waals surface area contributed by atoms with Crippen LogP contribution >= 0.6 is 0 Å². The average Bonchev–Trinajstić information content (AvgIpc) is 3.50. The van der Waals surface area contributed by atoms with Crippen molar-refractivity contribution in [2.45, 2.75) is 0 Å². The molecule has 1 aromatic heterocycles. The maximum atomic E-state index is 6.20. The van der Waals surface area contributed by atoms with Crippen molar-refractivity contribution in [1.29, 1.82) is 0 Å². The maximum Gasteiger partial charge on any atom is 0.136 e. The number of furan rings is 1. The Bertz CT molecular complexity index is 2530. The van der Waals surface area contributed by atoms with Crippen molar-refractivity contribution < 1.29 is 4.42 Å². The second-order valence-corrected chi connectivity index (χ2v) is 11.8. The first-order chi connectivity index (χ1) is 22.8. The van der Waals surface area contributed by atoms with Gasteiger partial charge in [-0.15, -0.1) is 0 Å². The molecule has 1 heterocycles. The summed E-state index contributed by atoms with van der Waals surface area (Å²) in [4.78, 5) is 2.37. The van der Waals surface area contributed by atoms with E-state index in [0.717, 1.165) is 50.1 Å². The number of para-hydroxylation sites is 1. The van der Waals surface area contributed by atoms with Crippen LogP contribution in [0.4, 0.5) is 17.1 Å². The number of anilines is 3. The first-order valence-corrected chi connectivity index (χ1v) is 15.7. The Labute approximate surface area is 267 Å². The van der Waals surface area contributed by atoms with E-state index in [0.29, 0.717) is 0 Å². The molecule has 216 valence electrons. The van der Waals surface area contributed by atoms with Crippen molar-refractivity contribution in [3.05, 3.63) is 176 Å². The van der Waals surface area contributed by atoms with E-state index in [-0.39, 0.29) is 0 Å². The van der Waals surface area contributed by atoms with Gasteiger partial charge in [0.25, 0.3) is 0 Å². The molecule has 0 aliphatic carbocycles. The van der Waals surface area contributed by atoms with Crippen molar-refractivity contribution in [2.75, 3.05) is 4.90 Å². The van der Waals surface area contributed by atoms with E-state index in [9.17, 15) is 0 Å². The van der Waals surface area contributed by atoms with E-state index in [4.69, 9.17) is 4.42 Å². The lowest BCUT2D eigenvalue weighted by Crippen LogP contribution is -2.10. The molecular formula is C44H29NO. The Morgan fingerprint density at radius 2 is 0.957 bits per heavy atom. The molecule has 0 spiro atoms. The van der Waals surface area contributed by atoms with Crippen LogP contribution in [0.5, 0.6) is 0 Å². The van der Waals surface area contributed by atoms with Gasteiger partial charge in [0.15, 0.2) is 0 Å². The smallest absolute Gasteiger partial charge is 0.136 e. The predicted octanol–water partition coefficient (Wildman–Crippen LogP) is 12.7. The Morgan fingerprint density at radius 1 is 0.326 bits per heavy atom. The molecule has 0 atom stereocenters. The number of nitrogens with zero attached hydrogens (tertiary/aromatic N) is 1. The molecule has 0 saturated heterocycles. The van der Waals surface area contributed by atoms with E-state index in [1.165, 1.54) is 32.7 Å². The molecule has 0 aliphatic heterocycles. The zero-order valence-electron chi connectivity index (χ0n) is 25.1. The summed E-state index contributed by atoms with van der Waals surface area (Å²) in [5.41, 5.74) is 9.84. The van der Waals surface area contributed by atoms with Crippen LogP contribution in [0.1, 0.15) is 0 Å². The minimum absolute atomic E-state index is 0.908. The summed E-state index contributed by atoms with van der Waals surface area (Å²) >= 11 is 0. The van der Waals surface area contributed by atoms with Gasteiger partial charge in [-0.05, 0) is 93.0 Å². The van der Waals surface area contributed by atoms with Crippen molar-refractivity contribution in [3.8, 4) is 22.3 Å². The Hall–Kier alpha value is -6.12. The molecule has 9 aromatic rings. The lowest BCUT2D eigenvalue weighted by Gasteiger charge is -2.27. The minimum atomic E-state index is 0.908. The second-order valence-electron chi connectivity index (χ2n) is 11.8. The molecule has 0 fully saturated rings. The third kappa shape index (κ3) is 4.51. The van der Waals surface area contributed by atoms with Crippen molar-refractivity contribution >= 4 is 60.5 Å². The van der Waals surface area contributed by atoms with Crippen LogP contribution in [0.3, 0.4) is 0 Å². The highest BCUT2D eigenvalue weighted by Crippen LogP contribution is 2.41. The molecular weight excluding hydrogens is 558 g/mol. The fourth-order valence-electron chi connectivity index (χ4n) is 6.73. The SMILES string of the molecule is c1cc(-c2ccc3ccccc3c2)cc(N(c2ccc(-c3ccc4c(c3)oc3ccccc34)cc2)c2cccc3ccccc23)c1. The van der Waals surface area contributed by atoms with Gasteiger partial charge in [-0.2, -0.15) is 0 Å². The van der Waals surface area contributed by atoms with Gasteiger partial charge in [-0.1, -0.05) is 121 Å². The lowest BCUT2D eigenvalue weighted by molar-refractivity contribution is 0.669.